The minimum atomic E-state index is -3.76. The van der Waals surface area contributed by atoms with Gasteiger partial charge in [0.25, 0.3) is 10.0 Å². The Morgan fingerprint density at radius 1 is 1.00 bits per heavy atom. The summed E-state index contributed by atoms with van der Waals surface area (Å²) in [4.78, 5) is 0.0309. The van der Waals surface area contributed by atoms with Gasteiger partial charge in [0.1, 0.15) is 4.90 Å². The van der Waals surface area contributed by atoms with Crippen molar-refractivity contribution in [1.29, 1.82) is 0 Å². The van der Waals surface area contributed by atoms with Crippen LogP contribution in [0.15, 0.2) is 54.7 Å². The molecule has 0 amide bonds. The number of rotatable bonds is 3. The molecule has 0 aliphatic heterocycles. The van der Waals surface area contributed by atoms with Crippen molar-refractivity contribution in [3.8, 4) is 0 Å². The molecule has 0 saturated carbocycles. The molecule has 0 saturated heterocycles. The van der Waals surface area contributed by atoms with Gasteiger partial charge in [-0.3, -0.25) is 4.72 Å². The summed E-state index contributed by atoms with van der Waals surface area (Å²) in [6, 6.07) is 9.90. The van der Waals surface area contributed by atoms with Crippen molar-refractivity contribution < 1.29 is 8.42 Å². The standard InChI is InChI=1S/C12H9Br3N2O2S/c13-7-4-5-11(10(16)6-7)20(18,19)17-12-8(14)2-1-3-9(12)15/h1-6,17H,16H2. The summed E-state index contributed by atoms with van der Waals surface area (Å²) in [5, 5.41) is 0. The lowest BCUT2D eigenvalue weighted by atomic mass is 10.3. The molecule has 2 rings (SSSR count). The largest absolute Gasteiger partial charge is 0.398 e. The summed E-state index contributed by atoms with van der Waals surface area (Å²) in [6.45, 7) is 0. The first-order valence-corrected chi connectivity index (χ1v) is 9.19. The Kier molecular flexibility index (Phi) is 4.78. The number of halogens is 3. The smallest absolute Gasteiger partial charge is 0.264 e. The molecule has 2 aromatic carbocycles. The highest BCUT2D eigenvalue weighted by atomic mass is 79.9. The second kappa shape index (κ2) is 6.05. The summed E-state index contributed by atoms with van der Waals surface area (Å²) >= 11 is 9.86. The molecule has 0 heterocycles. The summed E-state index contributed by atoms with van der Waals surface area (Å²) < 4.78 is 29.3. The number of nitrogen functional groups attached to an aromatic ring is 1. The topological polar surface area (TPSA) is 72.2 Å². The van der Waals surface area contributed by atoms with Crippen molar-refractivity contribution in [3.05, 3.63) is 49.8 Å². The highest BCUT2D eigenvalue weighted by Crippen LogP contribution is 2.33. The minimum absolute atomic E-state index is 0.0309. The highest BCUT2D eigenvalue weighted by Gasteiger charge is 2.20. The lowest BCUT2D eigenvalue weighted by molar-refractivity contribution is 0.601. The van der Waals surface area contributed by atoms with Crippen LogP contribution >= 0.6 is 47.8 Å². The Balaban J connectivity index is 2.46. The van der Waals surface area contributed by atoms with Crippen molar-refractivity contribution in [2.24, 2.45) is 0 Å². The molecule has 0 atom stereocenters. The molecule has 20 heavy (non-hydrogen) atoms. The van der Waals surface area contributed by atoms with Crippen molar-refractivity contribution in [2.75, 3.05) is 10.5 Å². The van der Waals surface area contributed by atoms with E-state index >= 15 is 0 Å². The Morgan fingerprint density at radius 3 is 2.15 bits per heavy atom. The monoisotopic (exact) mass is 482 g/mol. The van der Waals surface area contributed by atoms with E-state index in [-0.39, 0.29) is 10.6 Å². The molecule has 2 aromatic rings. The third kappa shape index (κ3) is 3.36. The maximum Gasteiger partial charge on any atom is 0.264 e. The van der Waals surface area contributed by atoms with E-state index in [4.69, 9.17) is 5.73 Å². The van der Waals surface area contributed by atoms with Crippen LogP contribution in [0.4, 0.5) is 11.4 Å². The molecular formula is C12H9Br3N2O2S. The van der Waals surface area contributed by atoms with Gasteiger partial charge in [-0.2, -0.15) is 0 Å². The van der Waals surface area contributed by atoms with Crippen LogP contribution in [-0.2, 0) is 10.0 Å². The van der Waals surface area contributed by atoms with Gasteiger partial charge in [-0.25, -0.2) is 8.42 Å². The molecule has 0 radical (unpaired) electrons. The van der Waals surface area contributed by atoms with Gasteiger partial charge in [0, 0.05) is 13.4 Å². The maximum atomic E-state index is 12.4. The van der Waals surface area contributed by atoms with Gasteiger partial charge >= 0.3 is 0 Å². The molecule has 0 aliphatic rings. The van der Waals surface area contributed by atoms with Crippen LogP contribution in [0.2, 0.25) is 0 Å². The number of sulfonamides is 1. The van der Waals surface area contributed by atoms with Crippen molar-refractivity contribution in [1.82, 2.24) is 0 Å². The number of hydrogen-bond acceptors (Lipinski definition) is 3. The molecule has 0 bridgehead atoms. The number of para-hydroxylation sites is 1. The second-order valence-corrected chi connectivity index (χ2v) is 8.16. The molecule has 0 fully saturated rings. The fourth-order valence-electron chi connectivity index (χ4n) is 1.55. The molecule has 0 spiro atoms. The second-order valence-electron chi connectivity index (χ2n) is 3.88. The van der Waals surface area contributed by atoms with Gasteiger partial charge in [-0.05, 0) is 62.2 Å². The predicted molar refractivity (Wildman–Crippen MR) is 91.2 cm³/mol. The van der Waals surface area contributed by atoms with E-state index in [0.29, 0.717) is 14.6 Å². The molecule has 0 unspecified atom stereocenters. The van der Waals surface area contributed by atoms with Crippen LogP contribution in [0.3, 0.4) is 0 Å². The van der Waals surface area contributed by atoms with Crippen LogP contribution in [0, 0.1) is 0 Å². The van der Waals surface area contributed by atoms with Crippen LogP contribution in [0.25, 0.3) is 0 Å². The lowest BCUT2D eigenvalue weighted by Crippen LogP contribution is -2.15. The zero-order chi connectivity index (χ0) is 14.9. The average Bonchev–Trinajstić information content (AvgIpc) is 2.33. The first kappa shape index (κ1) is 15.8. The highest BCUT2D eigenvalue weighted by molar-refractivity contribution is 9.11. The van der Waals surface area contributed by atoms with E-state index in [1.807, 2.05) is 0 Å². The summed E-state index contributed by atoms with van der Waals surface area (Å²) in [7, 11) is -3.76. The van der Waals surface area contributed by atoms with Crippen molar-refractivity contribution in [3.63, 3.8) is 0 Å². The molecule has 106 valence electrons. The molecule has 3 N–H and O–H groups in total. The van der Waals surface area contributed by atoms with E-state index in [1.54, 1.807) is 30.3 Å². The number of benzene rings is 2. The minimum Gasteiger partial charge on any atom is -0.398 e. The SMILES string of the molecule is Nc1cc(Br)ccc1S(=O)(=O)Nc1c(Br)cccc1Br. The van der Waals surface area contributed by atoms with Gasteiger partial charge in [0.2, 0.25) is 0 Å². The van der Waals surface area contributed by atoms with Crippen LogP contribution < -0.4 is 10.5 Å². The molecular weight excluding hydrogens is 476 g/mol. The van der Waals surface area contributed by atoms with E-state index in [9.17, 15) is 8.42 Å². The lowest BCUT2D eigenvalue weighted by Gasteiger charge is -2.13. The Hall–Kier alpha value is -0.570. The Labute approximate surface area is 142 Å². The number of nitrogens with two attached hydrogens (primary N) is 1. The molecule has 0 aromatic heterocycles. The molecule has 0 aliphatic carbocycles. The van der Waals surface area contributed by atoms with Crippen molar-refractivity contribution in [2.45, 2.75) is 4.90 Å². The van der Waals surface area contributed by atoms with E-state index in [2.05, 4.69) is 52.5 Å². The normalized spacial score (nSPS) is 11.3. The first-order valence-electron chi connectivity index (χ1n) is 5.33. The zero-order valence-corrected chi connectivity index (χ0v) is 15.5. The Bertz CT molecular complexity index is 743. The molecule has 8 heteroatoms. The van der Waals surface area contributed by atoms with Crippen molar-refractivity contribution >= 4 is 69.2 Å². The number of hydrogen-bond donors (Lipinski definition) is 2. The van der Waals surface area contributed by atoms with Gasteiger partial charge in [-0.1, -0.05) is 22.0 Å². The first-order chi connectivity index (χ1) is 9.31. The number of anilines is 2. The van der Waals surface area contributed by atoms with Crippen LogP contribution in [0.5, 0.6) is 0 Å². The predicted octanol–water partition coefficient (Wildman–Crippen LogP) is 4.36. The maximum absolute atomic E-state index is 12.4. The fraction of sp³-hybridized carbons (Fsp3) is 0. The zero-order valence-electron chi connectivity index (χ0n) is 9.90. The quantitative estimate of drug-likeness (QED) is 0.636. The third-order valence-electron chi connectivity index (χ3n) is 2.46. The summed E-state index contributed by atoms with van der Waals surface area (Å²) in [6.07, 6.45) is 0. The third-order valence-corrected chi connectivity index (χ3v) is 5.70. The van der Waals surface area contributed by atoms with Gasteiger partial charge in [0.05, 0.1) is 11.4 Å². The van der Waals surface area contributed by atoms with Gasteiger partial charge in [0.15, 0.2) is 0 Å². The Morgan fingerprint density at radius 2 is 1.60 bits per heavy atom. The van der Waals surface area contributed by atoms with E-state index in [0.717, 1.165) is 4.47 Å². The molecule has 4 nitrogen and oxygen atoms in total. The van der Waals surface area contributed by atoms with Crippen LogP contribution in [-0.4, -0.2) is 8.42 Å². The van der Waals surface area contributed by atoms with E-state index in [1.165, 1.54) is 6.07 Å². The van der Waals surface area contributed by atoms with Crippen LogP contribution in [0.1, 0.15) is 0 Å². The van der Waals surface area contributed by atoms with E-state index < -0.39 is 10.0 Å². The summed E-state index contributed by atoms with van der Waals surface area (Å²) in [5.41, 5.74) is 6.37. The van der Waals surface area contributed by atoms with Gasteiger partial charge < -0.3 is 5.73 Å². The van der Waals surface area contributed by atoms with Gasteiger partial charge in [-0.15, -0.1) is 0 Å². The summed E-state index contributed by atoms with van der Waals surface area (Å²) in [5.74, 6) is 0. The number of nitrogens with one attached hydrogen (secondary N) is 1. The fourth-order valence-corrected chi connectivity index (χ4v) is 4.60. The average molecular weight is 485 g/mol.